The summed E-state index contributed by atoms with van der Waals surface area (Å²) in [5.74, 6) is 5.30. The molecule has 9 heavy (non-hydrogen) atoms. The first-order chi connectivity index (χ1) is 4.31. The van der Waals surface area contributed by atoms with Crippen molar-refractivity contribution in [3.63, 3.8) is 0 Å². The molecular weight excluding hydrogens is 114 g/mol. The molecule has 0 unspecified atom stereocenters. The molecule has 0 aromatic rings. The van der Waals surface area contributed by atoms with Crippen LogP contribution >= 0.6 is 0 Å². The van der Waals surface area contributed by atoms with E-state index in [1.807, 2.05) is 0 Å². The average molecular weight is 125 g/mol. The van der Waals surface area contributed by atoms with E-state index in [0.29, 0.717) is 0 Å². The van der Waals surface area contributed by atoms with Crippen molar-refractivity contribution in [1.82, 2.24) is 5.01 Å². The second kappa shape index (κ2) is 4.93. The van der Waals surface area contributed by atoms with Crippen molar-refractivity contribution in [1.29, 1.82) is 0 Å². The van der Waals surface area contributed by atoms with E-state index in [9.17, 15) is 0 Å². The van der Waals surface area contributed by atoms with Gasteiger partial charge < -0.3 is 5.73 Å². The molecule has 0 bridgehead atoms. The molecule has 0 aliphatic heterocycles. The lowest BCUT2D eigenvalue weighted by molar-refractivity contribution is 0.539. The third-order valence-electron chi connectivity index (χ3n) is 0.652. The maximum absolute atomic E-state index is 5.30. The highest BCUT2D eigenvalue weighted by Crippen LogP contribution is 1.79. The Morgan fingerprint density at radius 3 is 2.44 bits per heavy atom. The normalized spacial score (nSPS) is 10.8. The van der Waals surface area contributed by atoms with E-state index in [1.54, 1.807) is 18.4 Å². The first kappa shape index (κ1) is 7.78. The summed E-state index contributed by atoms with van der Waals surface area (Å²) < 4.78 is 0. The van der Waals surface area contributed by atoms with Gasteiger partial charge in [0.25, 0.3) is 0 Å². The number of hydrogen-bond acceptors (Lipinski definition) is 3. The van der Waals surface area contributed by atoms with Crippen molar-refractivity contribution in [3.8, 4) is 0 Å². The van der Waals surface area contributed by atoms with Crippen LogP contribution in [0, 0.1) is 0 Å². The number of rotatable bonds is 3. The van der Waals surface area contributed by atoms with Gasteiger partial charge in [0.05, 0.1) is 0 Å². The van der Waals surface area contributed by atoms with Gasteiger partial charge in [-0.1, -0.05) is 12.7 Å². The van der Waals surface area contributed by atoms with Crippen molar-refractivity contribution in [2.24, 2.45) is 11.6 Å². The summed E-state index contributed by atoms with van der Waals surface area (Å²) in [5.41, 5.74) is 5.04. The predicted molar refractivity (Wildman–Crippen MR) is 38.7 cm³/mol. The Labute approximate surface area is 54.9 Å². The van der Waals surface area contributed by atoms with Crippen molar-refractivity contribution < 1.29 is 0 Å². The highest BCUT2D eigenvalue weighted by Gasteiger charge is 1.75. The fourth-order valence-corrected chi connectivity index (χ4v) is 0.309. The first-order valence-corrected chi connectivity index (χ1v) is 2.52. The van der Waals surface area contributed by atoms with E-state index >= 15 is 0 Å². The minimum atomic E-state index is 1.34. The lowest BCUT2D eigenvalue weighted by Gasteiger charge is -2.03. The van der Waals surface area contributed by atoms with E-state index in [1.165, 1.54) is 17.4 Å². The van der Waals surface area contributed by atoms with Crippen molar-refractivity contribution in [2.75, 3.05) is 0 Å². The zero-order valence-corrected chi connectivity index (χ0v) is 5.20. The van der Waals surface area contributed by atoms with Gasteiger partial charge in [-0.25, -0.2) is 5.84 Å². The number of nitrogens with two attached hydrogens (primary N) is 2. The Hall–Kier alpha value is -1.22. The van der Waals surface area contributed by atoms with Crippen LogP contribution in [0.3, 0.4) is 0 Å². The summed E-state index contributed by atoms with van der Waals surface area (Å²) in [5, 5.41) is 1.34. The Morgan fingerprint density at radius 2 is 2.00 bits per heavy atom. The molecule has 0 spiro atoms. The highest BCUT2D eigenvalue weighted by molar-refractivity contribution is 4.98. The molecule has 0 heterocycles. The fourth-order valence-electron chi connectivity index (χ4n) is 0.309. The van der Waals surface area contributed by atoms with Crippen molar-refractivity contribution in [3.05, 3.63) is 37.3 Å². The van der Waals surface area contributed by atoms with Crippen LogP contribution in [0.1, 0.15) is 0 Å². The van der Waals surface area contributed by atoms with Gasteiger partial charge in [-0.15, -0.1) is 0 Å². The first-order valence-electron chi connectivity index (χ1n) is 2.52. The van der Waals surface area contributed by atoms with E-state index in [4.69, 9.17) is 11.6 Å². The van der Waals surface area contributed by atoms with Gasteiger partial charge in [0.2, 0.25) is 0 Å². The zero-order valence-electron chi connectivity index (χ0n) is 5.20. The largest absolute Gasteiger partial charge is 0.403 e. The molecule has 4 N–H and O–H groups in total. The van der Waals surface area contributed by atoms with Gasteiger partial charge in [0.1, 0.15) is 0 Å². The maximum Gasteiger partial charge on any atom is 0.0361 e. The molecule has 0 saturated carbocycles. The molecule has 0 amide bonds. The molecule has 0 saturated heterocycles. The molecule has 0 aliphatic rings. The smallest absolute Gasteiger partial charge is 0.0361 e. The molecule has 0 atom stereocenters. The number of allylic oxidation sites excluding steroid dienone is 2. The molecule has 0 aromatic carbocycles. The fraction of sp³-hybridized carbons (Fsp3) is 0. The summed E-state index contributed by atoms with van der Waals surface area (Å²) in [6, 6.07) is 0. The van der Waals surface area contributed by atoms with E-state index in [0.717, 1.165) is 0 Å². The minimum absolute atomic E-state index is 1.34. The summed E-state index contributed by atoms with van der Waals surface area (Å²) in [6.07, 6.45) is 7.86. The van der Waals surface area contributed by atoms with Gasteiger partial charge in [-0.2, -0.15) is 0 Å². The SMILES string of the molecule is C=C/C=C\N(N)/C=C\N. The summed E-state index contributed by atoms with van der Waals surface area (Å²) >= 11 is 0. The van der Waals surface area contributed by atoms with Crippen molar-refractivity contribution >= 4 is 0 Å². The van der Waals surface area contributed by atoms with Gasteiger partial charge in [-0.3, -0.25) is 5.01 Å². The van der Waals surface area contributed by atoms with Crippen molar-refractivity contribution in [2.45, 2.75) is 0 Å². The Kier molecular flexibility index (Phi) is 4.26. The Morgan fingerprint density at radius 1 is 1.33 bits per heavy atom. The van der Waals surface area contributed by atoms with E-state index < -0.39 is 0 Å². The molecule has 0 radical (unpaired) electrons. The molecule has 50 valence electrons. The number of nitrogens with zero attached hydrogens (tertiary/aromatic N) is 1. The second-order valence-electron chi connectivity index (χ2n) is 1.37. The van der Waals surface area contributed by atoms with Gasteiger partial charge in [0, 0.05) is 18.6 Å². The Bertz CT molecular complexity index is 126. The van der Waals surface area contributed by atoms with Crippen LogP contribution in [0.25, 0.3) is 0 Å². The summed E-state index contributed by atoms with van der Waals surface area (Å²) in [6.45, 7) is 3.47. The lowest BCUT2D eigenvalue weighted by Crippen LogP contribution is -2.17. The topological polar surface area (TPSA) is 55.3 Å². The zero-order chi connectivity index (χ0) is 7.11. The number of hydrogen-bond donors (Lipinski definition) is 2. The van der Waals surface area contributed by atoms with Gasteiger partial charge >= 0.3 is 0 Å². The van der Waals surface area contributed by atoms with Crippen LogP contribution in [-0.4, -0.2) is 5.01 Å². The molecule has 0 aromatic heterocycles. The van der Waals surface area contributed by atoms with Gasteiger partial charge in [0.15, 0.2) is 0 Å². The second-order valence-corrected chi connectivity index (χ2v) is 1.37. The van der Waals surface area contributed by atoms with Crippen LogP contribution in [0.5, 0.6) is 0 Å². The molecule has 0 rings (SSSR count). The summed E-state index contributed by atoms with van der Waals surface area (Å²) in [7, 11) is 0. The predicted octanol–water partition coefficient (Wildman–Crippen LogP) is 0.292. The lowest BCUT2D eigenvalue weighted by atomic mass is 10.6. The summed E-state index contributed by atoms with van der Waals surface area (Å²) in [4.78, 5) is 0. The van der Waals surface area contributed by atoms with E-state index in [2.05, 4.69) is 6.58 Å². The molecule has 3 heteroatoms. The standard InChI is InChI=1S/C6H11N3/c1-2-3-5-9(8)6-4-7/h2-6H,1,7-8H2/b5-3-,6-4-. The Balaban J connectivity index is 3.61. The molecule has 3 nitrogen and oxygen atoms in total. The third kappa shape index (κ3) is 4.64. The molecular formula is C6H11N3. The number of hydrazine groups is 1. The van der Waals surface area contributed by atoms with E-state index in [-0.39, 0.29) is 0 Å². The third-order valence-corrected chi connectivity index (χ3v) is 0.652. The highest BCUT2D eigenvalue weighted by atomic mass is 15.4. The van der Waals surface area contributed by atoms with Crippen LogP contribution < -0.4 is 11.6 Å². The van der Waals surface area contributed by atoms with Crippen LogP contribution in [-0.2, 0) is 0 Å². The maximum atomic E-state index is 5.30. The average Bonchev–Trinajstić information content (AvgIpc) is 1.85. The quantitative estimate of drug-likeness (QED) is 0.324. The molecule has 0 aliphatic carbocycles. The van der Waals surface area contributed by atoms with Crippen LogP contribution in [0.2, 0.25) is 0 Å². The van der Waals surface area contributed by atoms with Crippen LogP contribution in [0.15, 0.2) is 37.3 Å². The van der Waals surface area contributed by atoms with Crippen LogP contribution in [0.4, 0.5) is 0 Å². The minimum Gasteiger partial charge on any atom is -0.403 e. The van der Waals surface area contributed by atoms with Gasteiger partial charge in [-0.05, 0) is 6.08 Å². The monoisotopic (exact) mass is 125 g/mol. The molecule has 0 fully saturated rings.